The van der Waals surface area contributed by atoms with Crippen molar-refractivity contribution < 1.29 is 17.9 Å². The minimum Gasteiger partial charge on any atom is -0.760 e. The largest absolute Gasteiger partial charge is 0.760 e. The van der Waals surface area contributed by atoms with Crippen molar-refractivity contribution in [2.45, 2.75) is 44.9 Å². The lowest BCUT2D eigenvalue weighted by Gasteiger charge is -2.15. The van der Waals surface area contributed by atoms with E-state index < -0.39 is 11.3 Å². The molecule has 3 atom stereocenters. The van der Waals surface area contributed by atoms with Crippen LogP contribution in [0.5, 0.6) is 5.75 Å². The van der Waals surface area contributed by atoms with Gasteiger partial charge in [0.1, 0.15) is 12.0 Å². The van der Waals surface area contributed by atoms with Crippen LogP contribution < -0.4 is 14.9 Å². The van der Waals surface area contributed by atoms with Gasteiger partial charge in [-0.05, 0) is 36.3 Å². The highest BCUT2D eigenvalue weighted by Gasteiger charge is 2.25. The van der Waals surface area contributed by atoms with E-state index in [4.69, 9.17) is 9.15 Å². The third-order valence-corrected chi connectivity index (χ3v) is 5.94. The molecular formula is C20H23N2O5S-. The van der Waals surface area contributed by atoms with Crippen LogP contribution in [-0.2, 0) is 30.9 Å². The summed E-state index contributed by atoms with van der Waals surface area (Å²) >= 11 is -2.24. The maximum Gasteiger partial charge on any atom is 0.227 e. The van der Waals surface area contributed by atoms with Crippen LogP contribution in [0.2, 0.25) is 0 Å². The third kappa shape index (κ3) is 4.70. The molecule has 0 amide bonds. The van der Waals surface area contributed by atoms with E-state index in [-0.39, 0.29) is 23.1 Å². The first-order valence-corrected chi connectivity index (χ1v) is 10.5. The van der Waals surface area contributed by atoms with Crippen molar-refractivity contribution in [3.8, 4) is 5.75 Å². The van der Waals surface area contributed by atoms with E-state index >= 15 is 0 Å². The Balaban J connectivity index is 1.29. The molecule has 0 bridgehead atoms. The molecular weight excluding hydrogens is 380 g/mol. The molecule has 0 radical (unpaired) electrons. The summed E-state index contributed by atoms with van der Waals surface area (Å²) in [5.74, 6) is 1.05. The van der Waals surface area contributed by atoms with Crippen LogP contribution in [0.1, 0.15) is 36.1 Å². The van der Waals surface area contributed by atoms with Gasteiger partial charge in [-0.1, -0.05) is 24.3 Å². The summed E-state index contributed by atoms with van der Waals surface area (Å²) in [4.78, 5) is 14.6. The second-order valence-electron chi connectivity index (χ2n) is 7.53. The molecule has 1 aliphatic carbocycles. The second kappa shape index (κ2) is 8.57. The lowest BCUT2D eigenvalue weighted by atomic mass is 10.1. The van der Waals surface area contributed by atoms with Crippen LogP contribution in [0, 0.1) is 5.92 Å². The van der Waals surface area contributed by atoms with Gasteiger partial charge >= 0.3 is 0 Å². The van der Waals surface area contributed by atoms with Crippen LogP contribution in [0.15, 0.2) is 45.8 Å². The van der Waals surface area contributed by atoms with Gasteiger partial charge in [0.05, 0.1) is 13.2 Å². The van der Waals surface area contributed by atoms with Crippen LogP contribution in [-0.4, -0.2) is 26.3 Å². The van der Waals surface area contributed by atoms with Gasteiger partial charge in [0.25, 0.3) is 0 Å². The SMILES string of the molecule is O=c1cc(CN2Cc3ccccc3C2)occ1OCC1CC[C@@H](NS(=O)[O-])C1. The number of nitrogens with one attached hydrogen (secondary N) is 1. The average molecular weight is 403 g/mol. The Morgan fingerprint density at radius 2 is 2.00 bits per heavy atom. The molecule has 0 spiro atoms. The zero-order valence-electron chi connectivity index (χ0n) is 15.5. The molecule has 2 aromatic rings. The number of rotatable bonds is 7. The monoisotopic (exact) mass is 403 g/mol. The molecule has 2 heterocycles. The summed E-state index contributed by atoms with van der Waals surface area (Å²) in [7, 11) is 0. The van der Waals surface area contributed by atoms with Crippen LogP contribution in [0.3, 0.4) is 0 Å². The maximum atomic E-state index is 12.3. The Labute approximate surface area is 166 Å². The van der Waals surface area contributed by atoms with Gasteiger partial charge in [-0.15, -0.1) is 0 Å². The molecule has 150 valence electrons. The Morgan fingerprint density at radius 1 is 1.25 bits per heavy atom. The quantitative estimate of drug-likeness (QED) is 0.712. The highest BCUT2D eigenvalue weighted by Crippen LogP contribution is 2.27. The highest BCUT2D eigenvalue weighted by molar-refractivity contribution is 7.77. The first-order chi connectivity index (χ1) is 13.6. The minimum atomic E-state index is -2.24. The summed E-state index contributed by atoms with van der Waals surface area (Å²) in [6.07, 6.45) is 3.76. The third-order valence-electron chi connectivity index (χ3n) is 5.42. The Morgan fingerprint density at radius 3 is 2.68 bits per heavy atom. The summed E-state index contributed by atoms with van der Waals surface area (Å²) in [6.45, 7) is 2.66. The van der Waals surface area contributed by atoms with E-state index in [1.165, 1.54) is 23.5 Å². The maximum absolute atomic E-state index is 12.3. The predicted molar refractivity (Wildman–Crippen MR) is 103 cm³/mol. The molecule has 1 aromatic carbocycles. The summed E-state index contributed by atoms with van der Waals surface area (Å²) in [5, 5.41) is 0. The lowest BCUT2D eigenvalue weighted by molar-refractivity contribution is 0.228. The number of fused-ring (bicyclic) bond motifs is 1. The van der Waals surface area contributed by atoms with Crippen molar-refractivity contribution in [2.24, 2.45) is 5.92 Å². The molecule has 1 saturated carbocycles. The van der Waals surface area contributed by atoms with Crippen molar-refractivity contribution in [2.75, 3.05) is 6.61 Å². The van der Waals surface area contributed by atoms with Crippen LogP contribution >= 0.6 is 0 Å². The fourth-order valence-electron chi connectivity index (χ4n) is 4.04. The van der Waals surface area contributed by atoms with E-state index in [0.29, 0.717) is 25.3 Å². The van der Waals surface area contributed by atoms with Crippen molar-refractivity contribution in [3.05, 3.63) is 63.7 Å². The smallest absolute Gasteiger partial charge is 0.227 e. The van der Waals surface area contributed by atoms with Crippen LogP contribution in [0.25, 0.3) is 0 Å². The highest BCUT2D eigenvalue weighted by atomic mass is 32.2. The lowest BCUT2D eigenvalue weighted by Crippen LogP contribution is -2.28. The van der Waals surface area contributed by atoms with E-state index in [1.54, 1.807) is 0 Å². The van der Waals surface area contributed by atoms with Crippen LogP contribution in [0.4, 0.5) is 0 Å². The van der Waals surface area contributed by atoms with E-state index in [2.05, 4.69) is 21.8 Å². The first kappa shape index (κ1) is 19.3. The van der Waals surface area contributed by atoms with Gasteiger partial charge in [-0.25, -0.2) is 4.72 Å². The van der Waals surface area contributed by atoms with Gasteiger partial charge in [0, 0.05) is 36.5 Å². The van der Waals surface area contributed by atoms with Crippen molar-refractivity contribution in [1.29, 1.82) is 0 Å². The molecule has 1 aromatic heterocycles. The zero-order chi connectivity index (χ0) is 19.5. The van der Waals surface area contributed by atoms with E-state index in [0.717, 1.165) is 25.9 Å². The zero-order valence-corrected chi connectivity index (χ0v) is 16.3. The summed E-state index contributed by atoms with van der Waals surface area (Å²) in [5.41, 5.74) is 2.44. The minimum absolute atomic E-state index is 0.0460. The first-order valence-electron chi connectivity index (χ1n) is 9.46. The standard InChI is InChI=1S/C20H24N2O5S/c23-19-8-18(11-22-9-15-3-1-2-4-16(15)10-22)26-13-20(19)27-12-14-5-6-17(7-14)21-28(24)25/h1-4,8,13-14,17,21H,5-7,9-12H2,(H,24,25)/p-1/t14?,17-/m1/s1. The van der Waals surface area contributed by atoms with Gasteiger partial charge in [-0.3, -0.25) is 13.9 Å². The van der Waals surface area contributed by atoms with Crippen molar-refractivity contribution in [1.82, 2.24) is 9.62 Å². The number of ether oxygens (including phenoxy) is 1. The Kier molecular flexibility index (Phi) is 5.91. The fraction of sp³-hybridized carbons (Fsp3) is 0.450. The Hall–Kier alpha value is -2.00. The van der Waals surface area contributed by atoms with Crippen molar-refractivity contribution in [3.63, 3.8) is 0 Å². The molecule has 1 aliphatic heterocycles. The number of hydrogen-bond donors (Lipinski definition) is 1. The van der Waals surface area contributed by atoms with Crippen molar-refractivity contribution >= 4 is 11.3 Å². The van der Waals surface area contributed by atoms with E-state index in [1.807, 2.05) is 12.1 Å². The summed E-state index contributed by atoms with van der Waals surface area (Å²) < 4.78 is 35.2. The molecule has 4 rings (SSSR count). The van der Waals surface area contributed by atoms with Gasteiger partial charge in [-0.2, -0.15) is 0 Å². The normalized spacial score (nSPS) is 22.9. The summed E-state index contributed by atoms with van der Waals surface area (Å²) in [6, 6.07) is 9.78. The molecule has 1 N–H and O–H groups in total. The van der Waals surface area contributed by atoms with Gasteiger partial charge < -0.3 is 13.7 Å². The topological polar surface area (TPSA) is 94.8 Å². The van der Waals surface area contributed by atoms with Gasteiger partial charge in [0.2, 0.25) is 11.2 Å². The van der Waals surface area contributed by atoms with E-state index in [9.17, 15) is 13.6 Å². The fourth-order valence-corrected chi connectivity index (χ4v) is 4.53. The molecule has 28 heavy (non-hydrogen) atoms. The second-order valence-corrected chi connectivity index (χ2v) is 8.23. The number of hydrogen-bond acceptors (Lipinski definition) is 6. The molecule has 2 unspecified atom stereocenters. The number of benzene rings is 1. The average Bonchev–Trinajstić information content (AvgIpc) is 3.26. The molecule has 1 fully saturated rings. The predicted octanol–water partition coefficient (Wildman–Crippen LogP) is 2.09. The Bertz CT molecular complexity index is 890. The molecule has 2 aliphatic rings. The molecule has 8 heteroatoms. The number of nitrogens with zero attached hydrogens (tertiary/aromatic N) is 1. The van der Waals surface area contributed by atoms with Gasteiger partial charge in [0.15, 0.2) is 0 Å². The molecule has 0 saturated heterocycles. The molecule has 7 nitrogen and oxygen atoms in total.